The average Bonchev–Trinajstić information content (AvgIpc) is 3.83. The van der Waals surface area contributed by atoms with Crippen molar-refractivity contribution in [2.75, 3.05) is 26.2 Å². The number of ether oxygens (including phenoxy) is 4. The summed E-state index contributed by atoms with van der Waals surface area (Å²) in [5.74, 6) is 3.64. The molecule has 12 nitrogen and oxygen atoms in total. The summed E-state index contributed by atoms with van der Waals surface area (Å²) in [6.07, 6.45) is 11.2. The maximum Gasteiger partial charge on any atom is 0.415 e. The van der Waals surface area contributed by atoms with Gasteiger partial charge in [-0.2, -0.15) is 0 Å². The van der Waals surface area contributed by atoms with Gasteiger partial charge in [0.15, 0.2) is 11.9 Å². The van der Waals surface area contributed by atoms with Crippen LogP contribution in [-0.2, 0) is 44.2 Å². The molecule has 1 amide bonds. The van der Waals surface area contributed by atoms with Gasteiger partial charge in [0.25, 0.3) is 5.56 Å². The number of hydrogen-bond donors (Lipinski definition) is 1. The molecule has 6 aliphatic rings. The van der Waals surface area contributed by atoms with Crippen LogP contribution in [0.4, 0.5) is 4.79 Å². The Bertz CT molecular complexity index is 2310. The predicted octanol–water partition coefficient (Wildman–Crippen LogP) is 9.99. The Balaban J connectivity index is 0.000000218. The highest BCUT2D eigenvalue weighted by Gasteiger charge is 2.52. The molecule has 4 unspecified atom stereocenters. The van der Waals surface area contributed by atoms with E-state index in [-0.39, 0.29) is 36.6 Å². The Morgan fingerprint density at radius 2 is 1.59 bits per heavy atom. The Kier molecular flexibility index (Phi) is 14.5. The summed E-state index contributed by atoms with van der Waals surface area (Å²) in [5, 5.41) is 12.0. The highest BCUT2D eigenvalue weighted by Crippen LogP contribution is 2.52. The highest BCUT2D eigenvalue weighted by atomic mass is 16.7. The minimum atomic E-state index is -1.86. The zero-order valence-corrected chi connectivity index (χ0v) is 41.6. The van der Waals surface area contributed by atoms with E-state index >= 15 is 0 Å². The number of rotatable bonds is 9. The number of hydrogen-bond acceptors (Lipinski definition) is 10. The van der Waals surface area contributed by atoms with Gasteiger partial charge < -0.3 is 38.4 Å². The molecule has 362 valence electrons. The van der Waals surface area contributed by atoms with Crippen LogP contribution in [-0.4, -0.2) is 86.7 Å². The van der Waals surface area contributed by atoms with Gasteiger partial charge in [0.2, 0.25) is 0 Å². The molecule has 0 spiro atoms. The van der Waals surface area contributed by atoms with Gasteiger partial charge in [0, 0.05) is 41.6 Å². The summed E-state index contributed by atoms with van der Waals surface area (Å²) in [6, 6.07) is 7.77. The summed E-state index contributed by atoms with van der Waals surface area (Å²) in [6.45, 7) is 26.4. The van der Waals surface area contributed by atoms with E-state index in [1.54, 1.807) is 23.6 Å². The van der Waals surface area contributed by atoms with Crippen LogP contribution in [0.25, 0.3) is 22.3 Å². The lowest BCUT2D eigenvalue weighted by Gasteiger charge is -2.47. The van der Waals surface area contributed by atoms with Crippen LogP contribution in [0, 0.1) is 35.5 Å². The minimum absolute atomic E-state index is 0.0115. The molecule has 1 aliphatic carbocycles. The van der Waals surface area contributed by atoms with Crippen LogP contribution in [0.1, 0.15) is 156 Å². The number of carbonyl (C=O) groups excluding carboxylic acids is 2. The van der Waals surface area contributed by atoms with E-state index < -0.39 is 11.6 Å². The smallest absolute Gasteiger partial charge is 0.415 e. The highest BCUT2D eigenvalue weighted by molar-refractivity contribution is 5.90. The molecule has 10 atom stereocenters. The fraction of sp³-hybridized carbons (Fsp3) is 0.704. The topological polar surface area (TPSA) is 133 Å². The number of piperidine rings is 2. The van der Waals surface area contributed by atoms with Crippen molar-refractivity contribution in [1.29, 1.82) is 0 Å². The number of pyridine rings is 2. The minimum Gasteiger partial charge on any atom is -0.458 e. The van der Waals surface area contributed by atoms with Crippen LogP contribution in [0.2, 0.25) is 0 Å². The van der Waals surface area contributed by atoms with Gasteiger partial charge in [0.05, 0.1) is 40.7 Å². The van der Waals surface area contributed by atoms with Gasteiger partial charge in [0.1, 0.15) is 12.4 Å². The molecule has 7 heterocycles. The average molecular weight is 911 g/mol. The summed E-state index contributed by atoms with van der Waals surface area (Å²) in [5.41, 5.74) is 2.40. The molecule has 0 radical (unpaired) electrons. The molecule has 1 aromatic carbocycles. The fourth-order valence-corrected chi connectivity index (χ4v) is 12.7. The number of aryl methyl sites for hydroxylation is 1. The zero-order valence-electron chi connectivity index (χ0n) is 41.6. The van der Waals surface area contributed by atoms with Gasteiger partial charge in [-0.25, -0.2) is 14.6 Å². The molecule has 0 bridgehead atoms. The van der Waals surface area contributed by atoms with Gasteiger partial charge in [-0.15, -0.1) is 0 Å². The first-order valence-electron chi connectivity index (χ1n) is 25.8. The summed E-state index contributed by atoms with van der Waals surface area (Å²) >= 11 is 0. The van der Waals surface area contributed by atoms with Crippen molar-refractivity contribution >= 4 is 23.0 Å². The first-order chi connectivity index (χ1) is 31.6. The number of benzene rings is 1. The van der Waals surface area contributed by atoms with Crippen LogP contribution in [0.15, 0.2) is 29.1 Å². The number of esters is 1. The van der Waals surface area contributed by atoms with E-state index in [4.69, 9.17) is 23.9 Å². The summed E-state index contributed by atoms with van der Waals surface area (Å²) in [4.78, 5) is 48.5. The van der Waals surface area contributed by atoms with E-state index in [2.05, 4.69) is 67.2 Å². The quantitative estimate of drug-likeness (QED) is 0.162. The van der Waals surface area contributed by atoms with Crippen LogP contribution >= 0.6 is 0 Å². The number of carbonyl (C=O) groups is 2. The third-order valence-electron chi connectivity index (χ3n) is 17.8. The van der Waals surface area contributed by atoms with E-state index in [1.807, 2.05) is 17.0 Å². The van der Waals surface area contributed by atoms with Crippen LogP contribution in [0.5, 0.6) is 5.75 Å². The molecule has 4 fully saturated rings. The number of cyclic esters (lactones) is 1. The number of nitrogens with zero attached hydrogens (tertiary/aromatic N) is 4. The molecule has 66 heavy (non-hydrogen) atoms. The SMILES string of the molecule is CC[C@H]1C[C@@](CC)(OC2O[C@H](CC)C(C)[C@H](C)C2C)[C@@H](C)C1C.CCc1c2c(nc3ccc(OC(=O)N4CCC(N5CCCCC5)CC4)cc13)-c1cc3c(c(=O)n1C2)COC(=O)[C@]3(O)CC. The molecule has 9 rings (SSSR count). The summed E-state index contributed by atoms with van der Waals surface area (Å²) in [7, 11) is 0. The molecular weight excluding hydrogens is 833 g/mol. The second-order valence-electron chi connectivity index (χ2n) is 20.8. The van der Waals surface area contributed by atoms with E-state index in [1.165, 1.54) is 45.2 Å². The van der Waals surface area contributed by atoms with Crippen molar-refractivity contribution in [3.8, 4) is 17.1 Å². The first kappa shape index (κ1) is 48.6. The molecule has 12 heteroatoms. The van der Waals surface area contributed by atoms with E-state index in [0.29, 0.717) is 90.1 Å². The maximum atomic E-state index is 13.6. The maximum absolute atomic E-state index is 13.6. The Morgan fingerprint density at radius 3 is 2.23 bits per heavy atom. The Hall–Kier alpha value is -3.84. The van der Waals surface area contributed by atoms with Crippen molar-refractivity contribution in [3.63, 3.8) is 0 Å². The Labute approximate surface area is 393 Å². The molecule has 5 aliphatic heterocycles. The van der Waals surface area contributed by atoms with Crippen LogP contribution < -0.4 is 10.3 Å². The van der Waals surface area contributed by atoms with Crippen molar-refractivity contribution < 1.29 is 33.6 Å². The lowest BCUT2D eigenvalue weighted by atomic mass is 9.78. The number of aromatic nitrogens is 2. The standard InChI is InChI=1S/C33H38N4O6.C21H40O2/c1-3-22-23-16-21(43-32(40)36-14-10-20(11-15-36)35-12-6-5-7-13-35)8-9-27(23)34-29-24(22)18-37-28(29)17-26-25(30(37)38)19-42-31(39)33(26,41)4-2;1-9-18-12-21(11-3,17(8)16(18)7)23-20-15(6)13(4)14(5)19(10-2)22-20/h8-9,16-17,20,41H,3-7,10-15,18-19H2,1-2H3;13-20H,9-12H2,1-8H3/t33-;13-,14?,15?,16?,17-,18-,19+,20?,21+/m00/s1. The van der Waals surface area contributed by atoms with Gasteiger partial charge in [-0.1, -0.05) is 82.1 Å². The molecule has 1 saturated carbocycles. The van der Waals surface area contributed by atoms with Crippen molar-refractivity contribution in [3.05, 3.63) is 56.9 Å². The molecular formula is C54H78N4O8. The lowest BCUT2D eigenvalue weighted by Crippen LogP contribution is -2.50. The molecule has 1 N–H and O–H groups in total. The number of aliphatic hydroxyl groups is 1. The van der Waals surface area contributed by atoms with Crippen LogP contribution in [0.3, 0.4) is 0 Å². The second kappa shape index (κ2) is 19.6. The Morgan fingerprint density at radius 1 is 0.864 bits per heavy atom. The van der Waals surface area contributed by atoms with Crippen molar-refractivity contribution in [1.82, 2.24) is 19.4 Å². The molecule has 2 aromatic heterocycles. The fourth-order valence-electron chi connectivity index (χ4n) is 12.7. The predicted molar refractivity (Wildman–Crippen MR) is 257 cm³/mol. The zero-order chi connectivity index (χ0) is 47.2. The second-order valence-corrected chi connectivity index (χ2v) is 20.8. The largest absolute Gasteiger partial charge is 0.458 e. The monoisotopic (exact) mass is 911 g/mol. The number of amides is 1. The van der Waals surface area contributed by atoms with E-state index in [0.717, 1.165) is 59.5 Å². The van der Waals surface area contributed by atoms with Gasteiger partial charge >= 0.3 is 12.1 Å². The number of likely N-dealkylation sites (tertiary alicyclic amines) is 2. The lowest BCUT2D eigenvalue weighted by molar-refractivity contribution is -0.295. The molecule has 3 saturated heterocycles. The van der Waals surface area contributed by atoms with Gasteiger partial charge in [-0.05, 0) is 130 Å². The van der Waals surface area contributed by atoms with Gasteiger partial charge in [-0.3, -0.25) is 4.79 Å². The third-order valence-corrected chi connectivity index (χ3v) is 17.8. The summed E-state index contributed by atoms with van der Waals surface area (Å²) < 4.78 is 26.0. The third kappa shape index (κ3) is 8.63. The number of fused-ring (bicyclic) bond motifs is 5. The normalized spacial score (nSPS) is 32.3. The van der Waals surface area contributed by atoms with E-state index in [9.17, 15) is 19.5 Å². The van der Waals surface area contributed by atoms with Crippen molar-refractivity contribution in [2.24, 2.45) is 35.5 Å². The first-order valence-corrected chi connectivity index (χ1v) is 25.8. The van der Waals surface area contributed by atoms with Crippen molar-refractivity contribution in [2.45, 2.75) is 183 Å². The molecule has 3 aromatic rings.